The normalized spacial score (nSPS) is 14.0. The van der Waals surface area contributed by atoms with E-state index in [9.17, 15) is 8.78 Å². The highest BCUT2D eigenvalue weighted by Gasteiger charge is 2.16. The fourth-order valence-corrected chi connectivity index (χ4v) is 3.82. The molecule has 0 aliphatic heterocycles. The molecule has 0 atom stereocenters. The van der Waals surface area contributed by atoms with Crippen LogP contribution in [0, 0.1) is 11.6 Å². The molecule has 1 N–H and O–H groups in total. The van der Waals surface area contributed by atoms with Gasteiger partial charge >= 0.3 is 0 Å². The van der Waals surface area contributed by atoms with E-state index < -0.39 is 11.6 Å². The van der Waals surface area contributed by atoms with Gasteiger partial charge in [-0.25, -0.2) is 13.8 Å². The van der Waals surface area contributed by atoms with Gasteiger partial charge in [-0.15, -0.1) is 0 Å². The van der Waals surface area contributed by atoms with E-state index >= 15 is 0 Å². The zero-order valence-corrected chi connectivity index (χ0v) is 16.1. The maximum atomic E-state index is 14.2. The fraction of sp³-hybridized carbons (Fsp3) is 0.174. The van der Waals surface area contributed by atoms with Gasteiger partial charge in [-0.2, -0.15) is 9.61 Å². The van der Waals surface area contributed by atoms with Crippen LogP contribution in [0.1, 0.15) is 31.2 Å². The summed E-state index contributed by atoms with van der Waals surface area (Å²) in [6, 6.07) is 9.09. The number of hydrogen-bond donors (Lipinski definition) is 1. The van der Waals surface area contributed by atoms with E-state index in [0.29, 0.717) is 11.5 Å². The first-order valence-electron chi connectivity index (χ1n) is 9.90. The van der Waals surface area contributed by atoms with E-state index in [4.69, 9.17) is 0 Å². The first-order valence-corrected chi connectivity index (χ1v) is 9.90. The molecule has 0 radical (unpaired) electrons. The summed E-state index contributed by atoms with van der Waals surface area (Å²) in [5, 5.41) is 7.74. The molecule has 5 nitrogen and oxygen atoms in total. The standard InChI is InChI=1S/C23H19F2N5/c24-18-7-4-8-19(25)22(18)20-10-9-16-13-27-23(30(16)29-20)28-21-14-26-12-11-17(21)15-5-2-1-3-6-15/h4-5,7-14H,1-3,6H2,(H,27,28). The molecule has 7 heteroatoms. The summed E-state index contributed by atoms with van der Waals surface area (Å²) in [4.78, 5) is 8.65. The van der Waals surface area contributed by atoms with E-state index in [0.717, 1.165) is 24.1 Å². The van der Waals surface area contributed by atoms with Gasteiger partial charge in [0, 0.05) is 11.8 Å². The molecule has 3 heterocycles. The molecule has 0 spiro atoms. The lowest BCUT2D eigenvalue weighted by molar-refractivity contribution is 0.588. The second-order valence-electron chi connectivity index (χ2n) is 7.26. The predicted octanol–water partition coefficient (Wildman–Crippen LogP) is 5.77. The van der Waals surface area contributed by atoms with Gasteiger partial charge in [0.2, 0.25) is 5.95 Å². The van der Waals surface area contributed by atoms with Crippen LogP contribution in [0.4, 0.5) is 20.4 Å². The lowest BCUT2D eigenvalue weighted by Crippen LogP contribution is -2.04. The summed E-state index contributed by atoms with van der Waals surface area (Å²) in [5.41, 5.74) is 3.93. The highest BCUT2D eigenvalue weighted by Crippen LogP contribution is 2.32. The molecular formula is C23H19F2N5. The van der Waals surface area contributed by atoms with Crippen LogP contribution in [0.25, 0.3) is 22.3 Å². The Morgan fingerprint density at radius 2 is 1.83 bits per heavy atom. The van der Waals surface area contributed by atoms with Crippen molar-refractivity contribution in [3.63, 3.8) is 0 Å². The molecule has 150 valence electrons. The summed E-state index contributed by atoms with van der Waals surface area (Å²) in [6.45, 7) is 0. The highest BCUT2D eigenvalue weighted by molar-refractivity contribution is 5.78. The summed E-state index contributed by atoms with van der Waals surface area (Å²) in [6.07, 6.45) is 11.9. The number of benzene rings is 1. The van der Waals surface area contributed by atoms with E-state index in [1.165, 1.54) is 36.6 Å². The van der Waals surface area contributed by atoms with Crippen molar-refractivity contribution >= 4 is 22.7 Å². The molecule has 0 amide bonds. The molecule has 0 saturated heterocycles. The van der Waals surface area contributed by atoms with Gasteiger partial charge in [0.05, 0.1) is 34.9 Å². The van der Waals surface area contributed by atoms with Crippen LogP contribution in [0.3, 0.4) is 0 Å². The van der Waals surface area contributed by atoms with Gasteiger partial charge in [0.25, 0.3) is 0 Å². The molecule has 0 fully saturated rings. The topological polar surface area (TPSA) is 55.1 Å². The number of halogens is 2. The first kappa shape index (κ1) is 18.4. The second kappa shape index (κ2) is 7.67. The smallest absolute Gasteiger partial charge is 0.229 e. The van der Waals surface area contributed by atoms with Crippen LogP contribution >= 0.6 is 0 Å². The Hall–Kier alpha value is -3.61. The largest absolute Gasteiger partial charge is 0.322 e. The summed E-state index contributed by atoms with van der Waals surface area (Å²) >= 11 is 0. The number of nitrogens with zero attached hydrogens (tertiary/aromatic N) is 4. The van der Waals surface area contributed by atoms with Crippen LogP contribution in [0.15, 0.2) is 61.1 Å². The van der Waals surface area contributed by atoms with Gasteiger partial charge < -0.3 is 5.32 Å². The first-order chi connectivity index (χ1) is 14.7. The molecule has 1 aromatic carbocycles. The number of fused-ring (bicyclic) bond motifs is 1. The van der Waals surface area contributed by atoms with Gasteiger partial charge in [-0.1, -0.05) is 12.1 Å². The number of pyridine rings is 1. The average Bonchev–Trinajstić information content (AvgIpc) is 3.17. The van der Waals surface area contributed by atoms with Crippen molar-refractivity contribution in [3.05, 3.63) is 78.3 Å². The molecule has 0 bridgehead atoms. The van der Waals surface area contributed by atoms with E-state index in [-0.39, 0.29) is 11.3 Å². The molecular weight excluding hydrogens is 384 g/mol. The quantitative estimate of drug-likeness (QED) is 0.470. The molecule has 1 aliphatic carbocycles. The third-order valence-corrected chi connectivity index (χ3v) is 5.31. The van der Waals surface area contributed by atoms with E-state index in [1.807, 2.05) is 6.07 Å². The number of aromatic nitrogens is 4. The van der Waals surface area contributed by atoms with Crippen molar-refractivity contribution in [2.24, 2.45) is 0 Å². The number of allylic oxidation sites excluding steroid dienone is 2. The number of hydrogen-bond acceptors (Lipinski definition) is 4. The van der Waals surface area contributed by atoms with Gasteiger partial charge in [-0.05, 0) is 61.6 Å². The van der Waals surface area contributed by atoms with Crippen LogP contribution in [-0.2, 0) is 0 Å². The maximum Gasteiger partial charge on any atom is 0.229 e. The molecule has 0 saturated carbocycles. The van der Waals surface area contributed by atoms with Gasteiger partial charge in [0.15, 0.2) is 0 Å². The van der Waals surface area contributed by atoms with E-state index in [1.54, 1.807) is 35.2 Å². The summed E-state index contributed by atoms with van der Waals surface area (Å²) in [5.74, 6) is -0.861. The van der Waals surface area contributed by atoms with Crippen molar-refractivity contribution in [2.75, 3.05) is 5.32 Å². The van der Waals surface area contributed by atoms with E-state index in [2.05, 4.69) is 26.5 Å². The number of rotatable bonds is 4. The Kier molecular flexibility index (Phi) is 4.71. The summed E-state index contributed by atoms with van der Waals surface area (Å²) < 4.78 is 30.0. The van der Waals surface area contributed by atoms with Crippen molar-refractivity contribution in [3.8, 4) is 11.3 Å². The zero-order valence-electron chi connectivity index (χ0n) is 16.1. The SMILES string of the molecule is Fc1cccc(F)c1-c1ccc2cnc(Nc3cnccc3C3=CCCCC3)n2n1. The Balaban J connectivity index is 1.56. The van der Waals surface area contributed by atoms with Crippen molar-refractivity contribution in [2.45, 2.75) is 25.7 Å². The number of anilines is 2. The number of nitrogens with one attached hydrogen (secondary N) is 1. The van der Waals surface area contributed by atoms with Crippen LogP contribution in [-0.4, -0.2) is 19.6 Å². The third kappa shape index (κ3) is 3.32. The van der Waals surface area contributed by atoms with Crippen LogP contribution in [0.5, 0.6) is 0 Å². The van der Waals surface area contributed by atoms with Crippen molar-refractivity contribution in [1.29, 1.82) is 0 Å². The number of imidazole rings is 1. The Morgan fingerprint density at radius 1 is 0.967 bits per heavy atom. The molecule has 3 aromatic heterocycles. The maximum absolute atomic E-state index is 14.2. The second-order valence-corrected chi connectivity index (χ2v) is 7.26. The predicted molar refractivity (Wildman–Crippen MR) is 112 cm³/mol. The molecule has 1 aliphatic rings. The van der Waals surface area contributed by atoms with Crippen molar-refractivity contribution in [1.82, 2.24) is 19.6 Å². The molecule has 5 rings (SSSR count). The lowest BCUT2D eigenvalue weighted by Gasteiger charge is -2.16. The zero-order chi connectivity index (χ0) is 20.5. The minimum atomic E-state index is -0.657. The lowest BCUT2D eigenvalue weighted by atomic mass is 9.93. The minimum absolute atomic E-state index is 0.159. The highest BCUT2D eigenvalue weighted by atomic mass is 19.1. The average molecular weight is 403 g/mol. The molecule has 4 aromatic rings. The van der Waals surface area contributed by atoms with Crippen LogP contribution in [0.2, 0.25) is 0 Å². The van der Waals surface area contributed by atoms with Gasteiger partial charge in [0.1, 0.15) is 11.6 Å². The summed E-state index contributed by atoms with van der Waals surface area (Å²) in [7, 11) is 0. The third-order valence-electron chi connectivity index (χ3n) is 5.31. The Morgan fingerprint density at radius 3 is 2.63 bits per heavy atom. The van der Waals surface area contributed by atoms with Crippen LogP contribution < -0.4 is 5.32 Å². The minimum Gasteiger partial charge on any atom is -0.322 e. The van der Waals surface area contributed by atoms with Gasteiger partial charge in [-0.3, -0.25) is 4.98 Å². The van der Waals surface area contributed by atoms with Crippen molar-refractivity contribution < 1.29 is 8.78 Å². The molecule has 30 heavy (non-hydrogen) atoms. The molecule has 0 unspecified atom stereocenters. The Bertz CT molecular complexity index is 1240. The Labute approximate surface area is 172 Å². The monoisotopic (exact) mass is 403 g/mol. The fourth-order valence-electron chi connectivity index (χ4n) is 3.82.